The minimum Gasteiger partial charge on any atom is -0.465 e. The highest BCUT2D eigenvalue weighted by Crippen LogP contribution is 2.45. The van der Waals surface area contributed by atoms with E-state index in [1.807, 2.05) is 0 Å². The van der Waals surface area contributed by atoms with Gasteiger partial charge in [0.25, 0.3) is 0 Å². The van der Waals surface area contributed by atoms with E-state index in [1.165, 1.54) is 116 Å². The van der Waals surface area contributed by atoms with E-state index < -0.39 is 23.7 Å². The molecule has 4 aliphatic rings. The monoisotopic (exact) mass is 833 g/mol. The Morgan fingerprint density at radius 1 is 0.322 bits per heavy atom. The Labute approximate surface area is 358 Å². The topological polar surface area (TPSA) is 130 Å². The molecular weight excluding hydrogens is 749 g/mol. The van der Waals surface area contributed by atoms with Crippen LogP contribution in [0.2, 0.25) is 0 Å². The number of epoxide rings is 2. The van der Waals surface area contributed by atoms with Crippen molar-refractivity contribution in [2.45, 2.75) is 237 Å². The molecule has 10 heteroatoms. The molecule has 0 aromatic carbocycles. The van der Waals surface area contributed by atoms with Crippen molar-refractivity contribution in [1.29, 1.82) is 0 Å². The van der Waals surface area contributed by atoms with Crippen LogP contribution in [0.4, 0.5) is 0 Å². The van der Waals surface area contributed by atoms with Gasteiger partial charge in [0, 0.05) is 0 Å². The fraction of sp³-hybridized carbons (Fsp3) is 0.918. The normalized spacial score (nSPS) is 25.4. The van der Waals surface area contributed by atoms with Crippen molar-refractivity contribution < 1.29 is 47.6 Å². The van der Waals surface area contributed by atoms with E-state index in [9.17, 15) is 19.2 Å². The van der Waals surface area contributed by atoms with Gasteiger partial charge in [-0.2, -0.15) is 0 Å². The summed E-state index contributed by atoms with van der Waals surface area (Å²) in [5.74, 6) is -3.19. The maximum atomic E-state index is 13.1. The second-order valence-corrected chi connectivity index (χ2v) is 18.3. The highest BCUT2D eigenvalue weighted by molar-refractivity contribution is 5.83. The lowest BCUT2D eigenvalue weighted by molar-refractivity contribution is -0.162. The van der Waals surface area contributed by atoms with Crippen molar-refractivity contribution in [3.8, 4) is 0 Å². The maximum absolute atomic E-state index is 13.1. The number of rotatable bonds is 36. The standard InChI is InChI=1S/C49H84O10/c1-3-5-7-9-11-13-15-17-19-22-26-30-54-46(50)38-34-42-44(58-42)36-40(38)48(52)56-32-28-24-21-25-29-33-57-49(53)41-37-45-43(59-45)35-39(41)47(51)55-31-27-23-20-18-16-14-12-10-8-6-4-2/h38-45H,3-37H2,1-2H3. The van der Waals surface area contributed by atoms with Crippen LogP contribution in [0.1, 0.15) is 213 Å². The highest BCUT2D eigenvalue weighted by Gasteiger charge is 2.54. The van der Waals surface area contributed by atoms with Gasteiger partial charge in [0.15, 0.2) is 0 Å². The minimum atomic E-state index is -0.504. The number of fused-ring (bicyclic) bond motifs is 2. The molecule has 4 fully saturated rings. The smallest absolute Gasteiger partial charge is 0.309 e. The van der Waals surface area contributed by atoms with E-state index in [4.69, 9.17) is 28.4 Å². The lowest BCUT2D eigenvalue weighted by Gasteiger charge is -2.26. The number of hydrogen-bond donors (Lipinski definition) is 0. The lowest BCUT2D eigenvalue weighted by atomic mass is 9.79. The molecule has 10 nitrogen and oxygen atoms in total. The molecule has 2 aliphatic heterocycles. The first-order valence-electron chi connectivity index (χ1n) is 24.9. The van der Waals surface area contributed by atoms with Gasteiger partial charge in [0.1, 0.15) is 0 Å². The molecule has 59 heavy (non-hydrogen) atoms. The van der Waals surface area contributed by atoms with Gasteiger partial charge in [-0.05, 0) is 51.4 Å². The van der Waals surface area contributed by atoms with E-state index in [2.05, 4.69) is 13.8 Å². The molecule has 0 spiro atoms. The minimum absolute atomic E-state index is 0.0539. The second kappa shape index (κ2) is 29.9. The molecular formula is C49H84O10. The van der Waals surface area contributed by atoms with Gasteiger partial charge in [-0.3, -0.25) is 19.2 Å². The zero-order chi connectivity index (χ0) is 41.9. The van der Waals surface area contributed by atoms with Crippen LogP contribution in [0.15, 0.2) is 0 Å². The first-order chi connectivity index (χ1) is 28.9. The first kappa shape index (κ1) is 49.5. The van der Waals surface area contributed by atoms with Crippen LogP contribution >= 0.6 is 0 Å². The van der Waals surface area contributed by atoms with Gasteiger partial charge in [0.2, 0.25) is 0 Å². The van der Waals surface area contributed by atoms with E-state index >= 15 is 0 Å². The molecule has 0 amide bonds. The largest absolute Gasteiger partial charge is 0.465 e. The fourth-order valence-electron chi connectivity index (χ4n) is 9.27. The van der Waals surface area contributed by atoms with E-state index in [-0.39, 0.29) is 48.3 Å². The van der Waals surface area contributed by atoms with Crippen molar-refractivity contribution in [2.75, 3.05) is 26.4 Å². The van der Waals surface area contributed by atoms with Crippen LogP contribution in [0, 0.1) is 23.7 Å². The number of esters is 4. The van der Waals surface area contributed by atoms with Gasteiger partial charge in [-0.15, -0.1) is 0 Å². The Bertz CT molecular complexity index is 1090. The van der Waals surface area contributed by atoms with Crippen molar-refractivity contribution in [3.05, 3.63) is 0 Å². The second-order valence-electron chi connectivity index (χ2n) is 18.3. The Morgan fingerprint density at radius 2 is 0.508 bits per heavy atom. The predicted octanol–water partition coefficient (Wildman–Crippen LogP) is 11.3. The fourth-order valence-corrected chi connectivity index (χ4v) is 9.27. The number of carbonyl (C=O) groups excluding carboxylic acids is 4. The Kier molecular flexibility index (Phi) is 25.1. The molecule has 2 saturated carbocycles. The van der Waals surface area contributed by atoms with Crippen LogP contribution in [0.5, 0.6) is 0 Å². The molecule has 8 atom stereocenters. The summed E-state index contributed by atoms with van der Waals surface area (Å²) in [4.78, 5) is 52.2. The predicted molar refractivity (Wildman–Crippen MR) is 230 cm³/mol. The molecule has 340 valence electrons. The number of unbranched alkanes of at least 4 members (excludes halogenated alkanes) is 24. The van der Waals surface area contributed by atoms with Gasteiger partial charge in [0.05, 0.1) is 74.5 Å². The molecule has 2 saturated heterocycles. The van der Waals surface area contributed by atoms with Crippen LogP contribution in [0.3, 0.4) is 0 Å². The SMILES string of the molecule is CCCCCCCCCCCCCOC(=O)C1CC2OC2CC1C(=O)OCCCCCCCOC(=O)C1CC2OC2CC1C(=O)OCCCCCCCCCCCCC. The highest BCUT2D eigenvalue weighted by atomic mass is 16.6. The lowest BCUT2D eigenvalue weighted by Crippen LogP contribution is -2.38. The summed E-state index contributed by atoms with van der Waals surface area (Å²) >= 11 is 0. The summed E-state index contributed by atoms with van der Waals surface area (Å²) in [6.07, 6.45) is 33.8. The molecule has 0 radical (unpaired) electrons. The van der Waals surface area contributed by atoms with Gasteiger partial charge >= 0.3 is 23.9 Å². The van der Waals surface area contributed by atoms with Crippen molar-refractivity contribution >= 4 is 23.9 Å². The summed E-state index contributed by atoms with van der Waals surface area (Å²) in [5.41, 5.74) is 0. The van der Waals surface area contributed by atoms with Crippen LogP contribution in [0.25, 0.3) is 0 Å². The van der Waals surface area contributed by atoms with Gasteiger partial charge < -0.3 is 28.4 Å². The summed E-state index contributed by atoms with van der Waals surface area (Å²) in [5, 5.41) is 0. The number of carbonyl (C=O) groups is 4. The number of ether oxygens (including phenoxy) is 6. The average molecular weight is 833 g/mol. The maximum Gasteiger partial charge on any atom is 0.309 e. The van der Waals surface area contributed by atoms with Crippen molar-refractivity contribution in [1.82, 2.24) is 0 Å². The third-order valence-corrected chi connectivity index (χ3v) is 13.3. The average Bonchev–Trinajstić information content (AvgIpc) is 4.18. The van der Waals surface area contributed by atoms with E-state index in [0.29, 0.717) is 52.1 Å². The summed E-state index contributed by atoms with van der Waals surface area (Å²) in [6.45, 7) is 5.96. The summed E-state index contributed by atoms with van der Waals surface area (Å²) < 4.78 is 34.0. The molecule has 0 bridgehead atoms. The van der Waals surface area contributed by atoms with Gasteiger partial charge in [-0.25, -0.2) is 0 Å². The van der Waals surface area contributed by atoms with Crippen molar-refractivity contribution in [2.24, 2.45) is 23.7 Å². The molecule has 4 rings (SSSR count). The quantitative estimate of drug-likeness (QED) is 0.0260. The Balaban J connectivity index is 0.986. The summed E-state index contributed by atoms with van der Waals surface area (Å²) in [6, 6.07) is 0. The third kappa shape index (κ3) is 20.0. The van der Waals surface area contributed by atoms with Crippen LogP contribution < -0.4 is 0 Å². The third-order valence-electron chi connectivity index (χ3n) is 13.3. The number of hydrogen-bond acceptors (Lipinski definition) is 10. The zero-order valence-electron chi connectivity index (χ0n) is 37.5. The zero-order valence-corrected chi connectivity index (χ0v) is 37.5. The molecule has 0 aromatic rings. The van der Waals surface area contributed by atoms with Gasteiger partial charge in [-0.1, -0.05) is 162 Å². The molecule has 8 unspecified atom stereocenters. The van der Waals surface area contributed by atoms with E-state index in [1.54, 1.807) is 0 Å². The van der Waals surface area contributed by atoms with Crippen molar-refractivity contribution in [3.63, 3.8) is 0 Å². The molecule has 0 aromatic heterocycles. The van der Waals surface area contributed by atoms with E-state index in [0.717, 1.165) is 57.8 Å². The molecule has 2 aliphatic carbocycles. The first-order valence-corrected chi connectivity index (χ1v) is 24.9. The Hall–Kier alpha value is -2.20. The molecule has 0 N–H and O–H groups in total. The molecule has 2 heterocycles. The Morgan fingerprint density at radius 3 is 0.712 bits per heavy atom. The van der Waals surface area contributed by atoms with Crippen LogP contribution in [-0.2, 0) is 47.6 Å². The summed E-state index contributed by atoms with van der Waals surface area (Å²) in [7, 11) is 0. The van der Waals surface area contributed by atoms with Crippen LogP contribution in [-0.4, -0.2) is 74.7 Å².